The van der Waals surface area contributed by atoms with Gasteiger partial charge < -0.3 is 10.2 Å². The van der Waals surface area contributed by atoms with Crippen LogP contribution in [0.15, 0.2) is 60.8 Å². The molecule has 0 atom stereocenters. The molecule has 1 aromatic heterocycles. The average Bonchev–Trinajstić information content (AvgIpc) is 2.53. The highest BCUT2D eigenvalue weighted by Gasteiger charge is 2.02. The van der Waals surface area contributed by atoms with Crippen molar-refractivity contribution in [3.8, 4) is 0 Å². The van der Waals surface area contributed by atoms with Crippen LogP contribution in [-0.4, -0.2) is 19.1 Å². The van der Waals surface area contributed by atoms with E-state index in [0.717, 1.165) is 17.7 Å². The number of para-hydroxylation sites is 1. The predicted octanol–water partition coefficient (Wildman–Crippen LogP) is 3.91. The number of anilines is 2. The van der Waals surface area contributed by atoms with Gasteiger partial charge in [0.05, 0.1) is 5.52 Å². The Morgan fingerprint density at radius 1 is 1.00 bits per heavy atom. The average molecular weight is 277 g/mol. The first-order chi connectivity index (χ1) is 10.2. The molecule has 0 amide bonds. The first kappa shape index (κ1) is 13.4. The Kier molecular flexibility index (Phi) is 3.73. The maximum Gasteiger partial charge on any atom is 0.0751 e. The number of nitrogens with zero attached hydrogens (tertiary/aromatic N) is 2. The van der Waals surface area contributed by atoms with E-state index in [1.54, 1.807) is 0 Å². The fraction of sp³-hybridized carbons (Fsp3) is 0.167. The minimum atomic E-state index is 0.769. The van der Waals surface area contributed by atoms with E-state index in [4.69, 9.17) is 0 Å². The van der Waals surface area contributed by atoms with Gasteiger partial charge in [0.15, 0.2) is 0 Å². The number of fused-ring (bicyclic) bond motifs is 1. The van der Waals surface area contributed by atoms with Gasteiger partial charge in [0.25, 0.3) is 0 Å². The van der Waals surface area contributed by atoms with E-state index in [-0.39, 0.29) is 0 Å². The summed E-state index contributed by atoms with van der Waals surface area (Å²) in [4.78, 5) is 6.59. The molecule has 0 saturated carbocycles. The Balaban J connectivity index is 1.82. The Morgan fingerprint density at radius 3 is 2.67 bits per heavy atom. The molecular weight excluding hydrogens is 258 g/mol. The lowest BCUT2D eigenvalue weighted by molar-refractivity contribution is 1.12. The molecule has 3 heteroatoms. The van der Waals surface area contributed by atoms with E-state index >= 15 is 0 Å². The highest BCUT2D eigenvalue weighted by molar-refractivity contribution is 5.81. The van der Waals surface area contributed by atoms with Gasteiger partial charge in [0.2, 0.25) is 0 Å². The lowest BCUT2D eigenvalue weighted by Gasteiger charge is -2.14. The second kappa shape index (κ2) is 5.83. The summed E-state index contributed by atoms with van der Waals surface area (Å²) in [6.07, 6.45) is 1.85. The molecule has 0 saturated heterocycles. The Bertz CT molecular complexity index is 745. The van der Waals surface area contributed by atoms with Crippen molar-refractivity contribution in [1.29, 1.82) is 0 Å². The Labute approximate surface area is 125 Å². The first-order valence-electron chi connectivity index (χ1n) is 7.08. The molecule has 0 unspecified atom stereocenters. The summed E-state index contributed by atoms with van der Waals surface area (Å²) in [6.45, 7) is 0.769. The SMILES string of the molecule is CN(C)c1cccc(NCc2cccc3cccnc23)c1. The number of rotatable bonds is 4. The minimum absolute atomic E-state index is 0.769. The van der Waals surface area contributed by atoms with E-state index in [2.05, 4.69) is 63.7 Å². The fourth-order valence-electron chi connectivity index (χ4n) is 2.40. The number of nitrogens with one attached hydrogen (secondary N) is 1. The summed E-state index contributed by atoms with van der Waals surface area (Å²) in [5.74, 6) is 0. The monoisotopic (exact) mass is 277 g/mol. The molecular formula is C18H19N3. The van der Waals surface area contributed by atoms with Gasteiger partial charge in [-0.05, 0) is 29.8 Å². The largest absolute Gasteiger partial charge is 0.381 e. The highest BCUT2D eigenvalue weighted by atomic mass is 15.1. The van der Waals surface area contributed by atoms with Gasteiger partial charge in [0, 0.05) is 43.6 Å². The van der Waals surface area contributed by atoms with Crippen LogP contribution in [0.1, 0.15) is 5.56 Å². The summed E-state index contributed by atoms with van der Waals surface area (Å²) in [5, 5.41) is 4.66. The minimum Gasteiger partial charge on any atom is -0.381 e. The number of pyridine rings is 1. The molecule has 2 aromatic carbocycles. The summed E-state index contributed by atoms with van der Waals surface area (Å²) in [7, 11) is 4.10. The van der Waals surface area contributed by atoms with E-state index < -0.39 is 0 Å². The van der Waals surface area contributed by atoms with Gasteiger partial charge in [-0.15, -0.1) is 0 Å². The summed E-state index contributed by atoms with van der Waals surface area (Å²) >= 11 is 0. The van der Waals surface area contributed by atoms with Crippen molar-refractivity contribution >= 4 is 22.3 Å². The van der Waals surface area contributed by atoms with E-state index in [1.807, 2.05) is 26.4 Å². The van der Waals surface area contributed by atoms with Gasteiger partial charge in [-0.1, -0.05) is 30.3 Å². The fourth-order valence-corrected chi connectivity index (χ4v) is 2.40. The number of hydrogen-bond acceptors (Lipinski definition) is 3. The second-order valence-electron chi connectivity index (χ2n) is 5.29. The molecule has 0 spiro atoms. The van der Waals surface area contributed by atoms with Crippen LogP contribution in [0, 0.1) is 0 Å². The van der Waals surface area contributed by atoms with Crippen molar-refractivity contribution in [2.24, 2.45) is 0 Å². The lowest BCUT2D eigenvalue weighted by Crippen LogP contribution is -2.09. The van der Waals surface area contributed by atoms with Gasteiger partial charge >= 0.3 is 0 Å². The van der Waals surface area contributed by atoms with E-state index in [1.165, 1.54) is 16.6 Å². The molecule has 0 aliphatic heterocycles. The lowest BCUT2D eigenvalue weighted by atomic mass is 10.1. The third-order valence-electron chi connectivity index (χ3n) is 3.56. The van der Waals surface area contributed by atoms with Crippen molar-refractivity contribution in [2.45, 2.75) is 6.54 Å². The van der Waals surface area contributed by atoms with Crippen molar-refractivity contribution in [3.63, 3.8) is 0 Å². The molecule has 21 heavy (non-hydrogen) atoms. The molecule has 3 nitrogen and oxygen atoms in total. The highest BCUT2D eigenvalue weighted by Crippen LogP contribution is 2.20. The Morgan fingerprint density at radius 2 is 1.81 bits per heavy atom. The molecule has 1 N–H and O–H groups in total. The van der Waals surface area contributed by atoms with Crippen molar-refractivity contribution < 1.29 is 0 Å². The van der Waals surface area contributed by atoms with Crippen LogP contribution in [-0.2, 0) is 6.54 Å². The van der Waals surface area contributed by atoms with Crippen molar-refractivity contribution in [3.05, 3.63) is 66.4 Å². The zero-order chi connectivity index (χ0) is 14.7. The maximum atomic E-state index is 4.49. The third-order valence-corrected chi connectivity index (χ3v) is 3.56. The number of benzene rings is 2. The predicted molar refractivity (Wildman–Crippen MR) is 89.8 cm³/mol. The molecule has 0 aliphatic carbocycles. The maximum absolute atomic E-state index is 4.49. The van der Waals surface area contributed by atoms with Crippen LogP contribution >= 0.6 is 0 Å². The summed E-state index contributed by atoms with van der Waals surface area (Å²) in [6, 6.07) is 18.8. The van der Waals surface area contributed by atoms with Crippen LogP contribution in [0.3, 0.4) is 0 Å². The molecule has 3 aromatic rings. The molecule has 3 rings (SSSR count). The smallest absolute Gasteiger partial charge is 0.0751 e. The van der Waals surface area contributed by atoms with Crippen LogP contribution in [0.2, 0.25) is 0 Å². The number of aromatic nitrogens is 1. The second-order valence-corrected chi connectivity index (χ2v) is 5.29. The topological polar surface area (TPSA) is 28.2 Å². The van der Waals surface area contributed by atoms with Gasteiger partial charge in [-0.25, -0.2) is 0 Å². The summed E-state index contributed by atoms with van der Waals surface area (Å²) < 4.78 is 0. The van der Waals surface area contributed by atoms with Gasteiger partial charge in [0.1, 0.15) is 0 Å². The quantitative estimate of drug-likeness (QED) is 0.783. The van der Waals surface area contributed by atoms with E-state index in [9.17, 15) is 0 Å². The zero-order valence-electron chi connectivity index (χ0n) is 12.4. The first-order valence-corrected chi connectivity index (χ1v) is 7.08. The zero-order valence-corrected chi connectivity index (χ0v) is 12.4. The molecule has 106 valence electrons. The summed E-state index contributed by atoms with van der Waals surface area (Å²) in [5.41, 5.74) is 4.59. The standard InChI is InChI=1S/C18H19N3/c1-21(2)17-10-4-9-16(12-17)20-13-15-7-3-6-14-8-5-11-19-18(14)15/h3-12,20H,13H2,1-2H3. The number of hydrogen-bond donors (Lipinski definition) is 1. The third kappa shape index (κ3) is 2.97. The van der Waals surface area contributed by atoms with Gasteiger partial charge in [-0.2, -0.15) is 0 Å². The molecule has 1 heterocycles. The van der Waals surface area contributed by atoms with Gasteiger partial charge in [-0.3, -0.25) is 4.98 Å². The normalized spacial score (nSPS) is 10.6. The Hall–Kier alpha value is -2.55. The molecule has 0 aliphatic rings. The van der Waals surface area contributed by atoms with E-state index in [0.29, 0.717) is 0 Å². The van der Waals surface area contributed by atoms with Crippen molar-refractivity contribution in [1.82, 2.24) is 4.98 Å². The molecule has 0 radical (unpaired) electrons. The van der Waals surface area contributed by atoms with Crippen LogP contribution < -0.4 is 10.2 Å². The van der Waals surface area contributed by atoms with Crippen LogP contribution in [0.4, 0.5) is 11.4 Å². The van der Waals surface area contributed by atoms with Crippen LogP contribution in [0.25, 0.3) is 10.9 Å². The molecule has 0 fully saturated rings. The van der Waals surface area contributed by atoms with Crippen molar-refractivity contribution in [2.75, 3.05) is 24.3 Å². The molecule has 0 bridgehead atoms. The van der Waals surface area contributed by atoms with Crippen LogP contribution in [0.5, 0.6) is 0 Å².